The summed E-state index contributed by atoms with van der Waals surface area (Å²) in [5.74, 6) is -1.25. The van der Waals surface area contributed by atoms with Crippen molar-refractivity contribution < 1.29 is 22.7 Å². The zero-order valence-electron chi connectivity index (χ0n) is 7.71. The van der Waals surface area contributed by atoms with Gasteiger partial charge in [0.25, 0.3) is 0 Å². The molecule has 1 aliphatic heterocycles. The van der Waals surface area contributed by atoms with Crippen molar-refractivity contribution in [2.75, 3.05) is 12.3 Å². The first-order chi connectivity index (χ1) is 7.00. The maximum Gasteiger partial charge on any atom is 0.372 e. The highest BCUT2D eigenvalue weighted by atomic mass is 32.2. The third-order valence-corrected chi connectivity index (χ3v) is 4.08. The predicted octanol–water partition coefficient (Wildman–Crippen LogP) is 0.123. The number of sulfonamides is 1. The number of carboxylic acids is 1. The lowest BCUT2D eigenvalue weighted by atomic mass is 10.2. The fourth-order valence-corrected chi connectivity index (χ4v) is 2.46. The van der Waals surface area contributed by atoms with Gasteiger partial charge in [0.15, 0.2) is 0 Å². The summed E-state index contributed by atoms with van der Waals surface area (Å²) in [4.78, 5) is 10.7. The Morgan fingerprint density at radius 2 is 2.33 bits per heavy atom. The molecular weight excluding hydrogens is 222 g/mol. The summed E-state index contributed by atoms with van der Waals surface area (Å²) in [5.41, 5.74) is 0.380. The molecule has 0 aliphatic carbocycles. The number of aromatic carboxylic acids is 1. The van der Waals surface area contributed by atoms with Crippen LogP contribution in [0.2, 0.25) is 0 Å². The number of nitrogens with zero attached hydrogens (tertiary/aromatic N) is 1. The molecule has 1 N–H and O–H groups in total. The van der Waals surface area contributed by atoms with Gasteiger partial charge in [0, 0.05) is 18.7 Å². The van der Waals surface area contributed by atoms with E-state index in [2.05, 4.69) is 0 Å². The van der Waals surface area contributed by atoms with Gasteiger partial charge in [0.05, 0.1) is 12.0 Å². The van der Waals surface area contributed by atoms with Crippen molar-refractivity contribution in [2.24, 2.45) is 0 Å². The maximum absolute atomic E-state index is 11.2. The smallest absolute Gasteiger partial charge is 0.372 e. The fourth-order valence-electron chi connectivity index (χ4n) is 1.38. The maximum atomic E-state index is 11.2. The first kappa shape index (κ1) is 10.2. The molecule has 2 rings (SSSR count). The monoisotopic (exact) mass is 231 g/mol. The molecule has 0 saturated carbocycles. The Morgan fingerprint density at radius 3 is 2.80 bits per heavy atom. The number of hydrogen-bond donors (Lipinski definition) is 1. The molecule has 7 heteroatoms. The third kappa shape index (κ3) is 1.75. The highest BCUT2D eigenvalue weighted by molar-refractivity contribution is 7.90. The van der Waals surface area contributed by atoms with Crippen LogP contribution < -0.4 is 0 Å². The third-order valence-electron chi connectivity index (χ3n) is 2.28. The van der Waals surface area contributed by atoms with E-state index in [0.717, 1.165) is 0 Å². The lowest BCUT2D eigenvalue weighted by Gasteiger charge is -2.29. The first-order valence-corrected chi connectivity index (χ1v) is 5.89. The van der Waals surface area contributed by atoms with Crippen LogP contribution in [0.15, 0.2) is 16.7 Å². The largest absolute Gasteiger partial charge is 0.475 e. The summed E-state index contributed by atoms with van der Waals surface area (Å²) < 4.78 is 28.3. The van der Waals surface area contributed by atoms with Crippen LogP contribution in [0.25, 0.3) is 0 Å². The van der Waals surface area contributed by atoms with Gasteiger partial charge in [0.2, 0.25) is 15.8 Å². The van der Waals surface area contributed by atoms with Gasteiger partial charge >= 0.3 is 5.97 Å². The van der Waals surface area contributed by atoms with Gasteiger partial charge < -0.3 is 9.52 Å². The molecule has 2 heterocycles. The summed E-state index contributed by atoms with van der Waals surface area (Å²) in [6.45, 7) is 0.507. The van der Waals surface area contributed by atoms with Crippen molar-refractivity contribution in [1.29, 1.82) is 0 Å². The molecule has 0 spiro atoms. The molecule has 15 heavy (non-hydrogen) atoms. The van der Waals surface area contributed by atoms with E-state index in [1.54, 1.807) is 0 Å². The van der Waals surface area contributed by atoms with E-state index in [0.29, 0.717) is 12.1 Å². The minimum absolute atomic E-state index is 0.0699. The number of furan rings is 1. The molecule has 1 aliphatic rings. The van der Waals surface area contributed by atoms with E-state index in [-0.39, 0.29) is 18.1 Å². The second kappa shape index (κ2) is 3.35. The van der Waals surface area contributed by atoms with Gasteiger partial charge in [-0.2, -0.15) is 4.31 Å². The average Bonchev–Trinajstić information content (AvgIpc) is 2.60. The highest BCUT2D eigenvalue weighted by Gasteiger charge is 2.33. The zero-order chi connectivity index (χ0) is 11.1. The molecule has 0 aromatic carbocycles. The minimum atomic E-state index is -3.14. The normalized spacial score (nSPS) is 19.7. The lowest BCUT2D eigenvalue weighted by molar-refractivity contribution is 0.0659. The molecule has 6 nitrogen and oxygen atoms in total. The molecule has 1 aromatic heterocycles. The molecule has 0 radical (unpaired) electrons. The van der Waals surface area contributed by atoms with E-state index in [9.17, 15) is 13.2 Å². The topological polar surface area (TPSA) is 87.8 Å². The molecule has 0 bridgehead atoms. The molecule has 1 aromatic rings. The summed E-state index contributed by atoms with van der Waals surface area (Å²) >= 11 is 0. The number of carboxylic acid groups (broad SMARTS) is 1. The van der Waals surface area contributed by atoms with Crippen LogP contribution >= 0.6 is 0 Å². The standard InChI is InChI=1S/C8H9NO5S/c10-8(11)7-6(1-3-14-7)5-9-2-4-15(9,12)13/h1,3H,2,4-5H2,(H,10,11). The predicted molar refractivity (Wildman–Crippen MR) is 49.9 cm³/mol. The molecule has 0 atom stereocenters. The number of hydrogen-bond acceptors (Lipinski definition) is 4. The zero-order valence-corrected chi connectivity index (χ0v) is 8.53. The second-order valence-corrected chi connectivity index (χ2v) is 5.32. The van der Waals surface area contributed by atoms with Crippen LogP contribution in [-0.2, 0) is 16.6 Å². The van der Waals surface area contributed by atoms with Gasteiger partial charge in [-0.05, 0) is 6.07 Å². The summed E-state index contributed by atoms with van der Waals surface area (Å²) in [7, 11) is -3.14. The Bertz CT molecular complexity index is 489. The van der Waals surface area contributed by atoms with Crippen LogP contribution in [-0.4, -0.2) is 36.1 Å². The lowest BCUT2D eigenvalue weighted by Crippen LogP contribution is -2.46. The Kier molecular flexibility index (Phi) is 2.28. The molecule has 1 fully saturated rings. The first-order valence-electron chi connectivity index (χ1n) is 4.28. The van der Waals surface area contributed by atoms with Gasteiger partial charge in [-0.25, -0.2) is 13.2 Å². The van der Waals surface area contributed by atoms with Crippen molar-refractivity contribution in [2.45, 2.75) is 6.54 Å². The van der Waals surface area contributed by atoms with Crippen LogP contribution in [0, 0.1) is 0 Å². The van der Waals surface area contributed by atoms with Crippen LogP contribution in [0.4, 0.5) is 0 Å². The van der Waals surface area contributed by atoms with Gasteiger partial charge in [-0.3, -0.25) is 0 Å². The highest BCUT2D eigenvalue weighted by Crippen LogP contribution is 2.20. The van der Waals surface area contributed by atoms with E-state index in [1.165, 1.54) is 16.6 Å². The summed E-state index contributed by atoms with van der Waals surface area (Å²) in [5, 5.41) is 8.73. The Balaban J connectivity index is 2.18. The Labute approximate surface area is 86.2 Å². The van der Waals surface area contributed by atoms with Crippen molar-refractivity contribution in [3.63, 3.8) is 0 Å². The Morgan fingerprint density at radius 1 is 1.60 bits per heavy atom. The quantitative estimate of drug-likeness (QED) is 0.798. The molecular formula is C8H9NO5S. The number of carbonyl (C=O) groups is 1. The summed E-state index contributed by atoms with van der Waals surface area (Å²) in [6, 6.07) is 1.47. The van der Waals surface area contributed by atoms with E-state index in [4.69, 9.17) is 9.52 Å². The molecule has 0 unspecified atom stereocenters. The van der Waals surface area contributed by atoms with E-state index < -0.39 is 16.0 Å². The van der Waals surface area contributed by atoms with E-state index >= 15 is 0 Å². The second-order valence-electron chi connectivity index (χ2n) is 3.23. The van der Waals surface area contributed by atoms with Crippen molar-refractivity contribution in [3.05, 3.63) is 23.7 Å². The fraction of sp³-hybridized carbons (Fsp3) is 0.375. The van der Waals surface area contributed by atoms with Crippen LogP contribution in [0.1, 0.15) is 16.1 Å². The Hall–Kier alpha value is -1.34. The van der Waals surface area contributed by atoms with Crippen LogP contribution in [0.5, 0.6) is 0 Å². The summed E-state index contributed by atoms with van der Waals surface area (Å²) in [6.07, 6.45) is 1.24. The van der Waals surface area contributed by atoms with Crippen LogP contribution in [0.3, 0.4) is 0 Å². The van der Waals surface area contributed by atoms with Crippen molar-refractivity contribution in [3.8, 4) is 0 Å². The number of rotatable bonds is 3. The SMILES string of the molecule is O=C(O)c1occc1CN1CCS1(=O)=O. The molecule has 1 saturated heterocycles. The van der Waals surface area contributed by atoms with Gasteiger partial charge in [0.1, 0.15) is 0 Å². The molecule has 82 valence electrons. The molecule has 0 amide bonds. The van der Waals surface area contributed by atoms with E-state index in [1.807, 2.05) is 0 Å². The van der Waals surface area contributed by atoms with Gasteiger partial charge in [-0.1, -0.05) is 0 Å². The van der Waals surface area contributed by atoms with Crippen molar-refractivity contribution >= 4 is 16.0 Å². The van der Waals surface area contributed by atoms with Gasteiger partial charge in [-0.15, -0.1) is 0 Å². The van der Waals surface area contributed by atoms with Crippen molar-refractivity contribution in [1.82, 2.24) is 4.31 Å². The average molecular weight is 231 g/mol. The minimum Gasteiger partial charge on any atom is -0.475 e.